The second kappa shape index (κ2) is 6.03. The molecule has 0 aliphatic heterocycles. The van der Waals surface area contributed by atoms with E-state index in [0.29, 0.717) is 10.2 Å². The Labute approximate surface area is 128 Å². The van der Waals surface area contributed by atoms with Crippen LogP contribution in [0.3, 0.4) is 0 Å². The summed E-state index contributed by atoms with van der Waals surface area (Å²) in [6.45, 7) is 1.90. The summed E-state index contributed by atoms with van der Waals surface area (Å²) in [5.41, 5.74) is 6.78. The number of ether oxygens (including phenoxy) is 1. The van der Waals surface area contributed by atoms with Crippen LogP contribution in [0.15, 0.2) is 45.3 Å². The molecule has 2 aromatic carbocycles. The lowest BCUT2D eigenvalue weighted by molar-refractivity contribution is 0.439. The standard InChI is InChI=1S/C14H12Br2FNO/c1-8(18)9-2-4-13(11(16)6-9)19-14-5-3-10(15)7-12(14)17/h2-8H,18H2,1H3/t8-/m0/s1. The van der Waals surface area contributed by atoms with Crippen LogP contribution < -0.4 is 10.5 Å². The maximum Gasteiger partial charge on any atom is 0.166 e. The van der Waals surface area contributed by atoms with Crippen molar-refractivity contribution in [3.8, 4) is 11.5 Å². The van der Waals surface area contributed by atoms with Crippen LogP contribution >= 0.6 is 31.9 Å². The van der Waals surface area contributed by atoms with Crippen LogP contribution in [0.2, 0.25) is 0 Å². The summed E-state index contributed by atoms with van der Waals surface area (Å²) in [4.78, 5) is 0. The van der Waals surface area contributed by atoms with E-state index in [0.717, 1.165) is 10.0 Å². The smallest absolute Gasteiger partial charge is 0.166 e. The number of hydrogen-bond donors (Lipinski definition) is 1. The molecule has 2 nitrogen and oxygen atoms in total. The lowest BCUT2D eigenvalue weighted by Crippen LogP contribution is -2.04. The van der Waals surface area contributed by atoms with Crippen LogP contribution in [-0.2, 0) is 0 Å². The molecule has 2 N–H and O–H groups in total. The SMILES string of the molecule is C[C@H](N)c1ccc(Oc2ccc(Br)cc2F)c(Br)c1. The first-order valence-corrected chi connectivity index (χ1v) is 7.24. The minimum Gasteiger partial charge on any atom is -0.453 e. The van der Waals surface area contributed by atoms with E-state index in [4.69, 9.17) is 10.5 Å². The van der Waals surface area contributed by atoms with Crippen LogP contribution in [0.5, 0.6) is 11.5 Å². The fraction of sp³-hybridized carbons (Fsp3) is 0.143. The Bertz CT molecular complexity index is 602. The number of benzene rings is 2. The van der Waals surface area contributed by atoms with Gasteiger partial charge in [0, 0.05) is 10.5 Å². The molecule has 2 rings (SSSR count). The van der Waals surface area contributed by atoms with Crippen LogP contribution in [0.25, 0.3) is 0 Å². The van der Waals surface area contributed by atoms with E-state index < -0.39 is 5.82 Å². The van der Waals surface area contributed by atoms with Gasteiger partial charge in [-0.3, -0.25) is 0 Å². The first kappa shape index (κ1) is 14.5. The van der Waals surface area contributed by atoms with Crippen molar-refractivity contribution in [3.63, 3.8) is 0 Å². The lowest BCUT2D eigenvalue weighted by atomic mass is 10.1. The monoisotopic (exact) mass is 387 g/mol. The normalized spacial score (nSPS) is 12.3. The Morgan fingerprint density at radius 3 is 2.37 bits per heavy atom. The summed E-state index contributed by atoms with van der Waals surface area (Å²) in [6, 6.07) is 10.1. The highest BCUT2D eigenvalue weighted by molar-refractivity contribution is 9.10. The second-order valence-corrected chi connectivity index (χ2v) is 5.93. The third-order valence-electron chi connectivity index (χ3n) is 2.60. The third kappa shape index (κ3) is 3.55. The lowest BCUT2D eigenvalue weighted by Gasteiger charge is -2.11. The van der Waals surface area contributed by atoms with Gasteiger partial charge < -0.3 is 10.5 Å². The zero-order valence-corrected chi connectivity index (χ0v) is 13.3. The van der Waals surface area contributed by atoms with Crippen molar-refractivity contribution in [1.82, 2.24) is 0 Å². The summed E-state index contributed by atoms with van der Waals surface area (Å²) < 4.78 is 20.6. The number of nitrogens with two attached hydrogens (primary N) is 1. The molecule has 0 aliphatic rings. The van der Waals surface area contributed by atoms with Crippen molar-refractivity contribution in [2.75, 3.05) is 0 Å². The minimum absolute atomic E-state index is 0.0604. The Balaban J connectivity index is 2.28. The molecule has 100 valence electrons. The highest BCUT2D eigenvalue weighted by Crippen LogP contribution is 2.33. The molecule has 0 saturated heterocycles. The molecule has 0 heterocycles. The van der Waals surface area contributed by atoms with Crippen molar-refractivity contribution < 1.29 is 9.13 Å². The van der Waals surface area contributed by atoms with E-state index in [-0.39, 0.29) is 11.8 Å². The molecular weight excluding hydrogens is 377 g/mol. The number of hydrogen-bond acceptors (Lipinski definition) is 2. The highest BCUT2D eigenvalue weighted by atomic mass is 79.9. The van der Waals surface area contributed by atoms with E-state index in [1.165, 1.54) is 6.07 Å². The van der Waals surface area contributed by atoms with Gasteiger partial charge in [0.2, 0.25) is 0 Å². The summed E-state index contributed by atoms with van der Waals surface area (Å²) in [5, 5.41) is 0. The second-order valence-electron chi connectivity index (χ2n) is 4.16. The topological polar surface area (TPSA) is 35.2 Å². The Hall–Kier alpha value is -0.910. The van der Waals surface area contributed by atoms with E-state index in [9.17, 15) is 4.39 Å². The average molecular weight is 389 g/mol. The van der Waals surface area contributed by atoms with Crippen molar-refractivity contribution in [2.45, 2.75) is 13.0 Å². The summed E-state index contributed by atoms with van der Waals surface area (Å²) in [6.07, 6.45) is 0. The number of halogens is 3. The zero-order valence-electron chi connectivity index (χ0n) is 10.2. The minimum atomic E-state index is -0.419. The fourth-order valence-electron chi connectivity index (χ4n) is 1.56. The van der Waals surface area contributed by atoms with Crippen LogP contribution in [-0.4, -0.2) is 0 Å². The van der Waals surface area contributed by atoms with Crippen molar-refractivity contribution in [2.24, 2.45) is 5.73 Å². The van der Waals surface area contributed by atoms with Gasteiger partial charge in [-0.2, -0.15) is 0 Å². The maximum atomic E-state index is 13.7. The van der Waals surface area contributed by atoms with Gasteiger partial charge in [-0.15, -0.1) is 0 Å². The molecule has 5 heteroatoms. The molecule has 0 radical (unpaired) electrons. The molecule has 0 saturated carbocycles. The van der Waals surface area contributed by atoms with Crippen LogP contribution in [0.4, 0.5) is 4.39 Å². The molecule has 0 fully saturated rings. The van der Waals surface area contributed by atoms with Gasteiger partial charge in [0.15, 0.2) is 11.6 Å². The molecule has 1 atom stereocenters. The van der Waals surface area contributed by atoms with E-state index in [2.05, 4.69) is 31.9 Å². The highest BCUT2D eigenvalue weighted by Gasteiger charge is 2.09. The molecule has 19 heavy (non-hydrogen) atoms. The first-order valence-electron chi connectivity index (χ1n) is 5.65. The molecule has 0 bridgehead atoms. The van der Waals surface area contributed by atoms with Gasteiger partial charge >= 0.3 is 0 Å². The number of rotatable bonds is 3. The van der Waals surface area contributed by atoms with Gasteiger partial charge in [-0.25, -0.2) is 4.39 Å². The summed E-state index contributed by atoms with van der Waals surface area (Å²) >= 11 is 6.60. The molecule has 2 aromatic rings. The Kier molecular flexibility index (Phi) is 4.60. The van der Waals surface area contributed by atoms with Crippen LogP contribution in [0, 0.1) is 5.82 Å². The zero-order chi connectivity index (χ0) is 14.0. The van der Waals surface area contributed by atoms with E-state index >= 15 is 0 Å². The van der Waals surface area contributed by atoms with Gasteiger partial charge in [0.25, 0.3) is 0 Å². The summed E-state index contributed by atoms with van der Waals surface area (Å²) in [7, 11) is 0. The van der Waals surface area contributed by atoms with Gasteiger partial charge in [-0.05, 0) is 58.7 Å². The van der Waals surface area contributed by atoms with Gasteiger partial charge in [0.1, 0.15) is 5.75 Å². The van der Waals surface area contributed by atoms with Gasteiger partial charge in [0.05, 0.1) is 4.47 Å². The third-order valence-corrected chi connectivity index (χ3v) is 3.71. The summed E-state index contributed by atoms with van der Waals surface area (Å²) in [5.74, 6) is 0.306. The predicted molar refractivity (Wildman–Crippen MR) is 80.9 cm³/mol. The Morgan fingerprint density at radius 1 is 1.11 bits per heavy atom. The fourth-order valence-corrected chi connectivity index (χ4v) is 2.37. The first-order chi connectivity index (χ1) is 8.97. The van der Waals surface area contributed by atoms with Crippen molar-refractivity contribution in [1.29, 1.82) is 0 Å². The molecule has 0 aromatic heterocycles. The molecular formula is C14H12Br2FNO. The van der Waals surface area contributed by atoms with E-state index in [1.54, 1.807) is 18.2 Å². The maximum absolute atomic E-state index is 13.7. The molecule has 0 spiro atoms. The van der Waals surface area contributed by atoms with Crippen molar-refractivity contribution in [3.05, 3.63) is 56.7 Å². The van der Waals surface area contributed by atoms with Gasteiger partial charge in [-0.1, -0.05) is 22.0 Å². The molecule has 0 unspecified atom stereocenters. The average Bonchev–Trinajstić information content (AvgIpc) is 2.34. The quantitative estimate of drug-likeness (QED) is 0.787. The largest absolute Gasteiger partial charge is 0.453 e. The van der Waals surface area contributed by atoms with Crippen LogP contribution in [0.1, 0.15) is 18.5 Å². The Morgan fingerprint density at radius 2 is 1.79 bits per heavy atom. The predicted octanol–water partition coefficient (Wildman–Crippen LogP) is 5.16. The molecule has 0 amide bonds. The molecule has 0 aliphatic carbocycles. The van der Waals surface area contributed by atoms with E-state index in [1.807, 2.05) is 19.1 Å². The van der Waals surface area contributed by atoms with Crippen molar-refractivity contribution >= 4 is 31.9 Å².